The third-order valence-electron chi connectivity index (χ3n) is 10.2. The lowest BCUT2D eigenvalue weighted by Gasteiger charge is -2.52. The van der Waals surface area contributed by atoms with E-state index in [1.165, 1.54) is 6.21 Å². The number of rotatable bonds is 9. The van der Waals surface area contributed by atoms with Crippen LogP contribution in [0, 0.1) is 29.1 Å². The molecule has 2 aliphatic carbocycles. The minimum atomic E-state index is -2.03. The molecule has 0 unspecified atom stereocenters. The summed E-state index contributed by atoms with van der Waals surface area (Å²) in [5, 5.41) is 24.4. The molecular weight excluding hydrogens is 526 g/mol. The monoisotopic (exact) mass is 579 g/mol. The molecule has 0 radical (unpaired) electrons. The van der Waals surface area contributed by atoms with E-state index in [0.717, 1.165) is 0 Å². The highest BCUT2D eigenvalue weighted by atomic mass is 28.4. The zero-order chi connectivity index (χ0) is 30.1. The molecule has 1 saturated heterocycles. The van der Waals surface area contributed by atoms with Crippen LogP contribution in [-0.4, -0.2) is 60.7 Å². The van der Waals surface area contributed by atoms with Gasteiger partial charge in [-0.1, -0.05) is 46.8 Å². The Hall–Kier alpha value is -1.71. The number of ether oxygens (including phenoxy) is 2. The first-order valence-corrected chi connectivity index (χ1v) is 18.0. The van der Waals surface area contributed by atoms with Gasteiger partial charge in [-0.05, 0) is 75.9 Å². The third-order valence-corrected chi connectivity index (χ3v) is 14.7. The van der Waals surface area contributed by atoms with Crippen molar-refractivity contribution >= 4 is 26.5 Å². The van der Waals surface area contributed by atoms with Crippen LogP contribution in [-0.2, 0) is 23.5 Å². The summed E-state index contributed by atoms with van der Waals surface area (Å²) >= 11 is 0. The lowest BCUT2D eigenvalue weighted by molar-refractivity contribution is -0.182. The van der Waals surface area contributed by atoms with Crippen LogP contribution in [0.3, 0.4) is 0 Å². The van der Waals surface area contributed by atoms with Gasteiger partial charge in [0.05, 0.1) is 23.5 Å². The summed E-state index contributed by atoms with van der Waals surface area (Å²) in [4.78, 5) is 25.8. The van der Waals surface area contributed by atoms with Gasteiger partial charge in [-0.3, -0.25) is 9.59 Å². The maximum Gasteiger partial charge on any atom is 0.311 e. The zero-order valence-electron chi connectivity index (χ0n) is 26.1. The van der Waals surface area contributed by atoms with Crippen LogP contribution in [0.15, 0.2) is 17.3 Å². The lowest BCUT2D eigenvalue weighted by Crippen LogP contribution is -2.57. The number of nitrogens with zero attached hydrogens (tertiary/aromatic N) is 1. The number of allylic oxidation sites excluding steroid dienone is 1. The predicted molar refractivity (Wildman–Crippen MR) is 158 cm³/mol. The topological polar surface area (TPSA) is 115 Å². The molecule has 3 aliphatic rings. The maximum atomic E-state index is 13.2. The number of aliphatic hydroxyl groups is 1. The van der Waals surface area contributed by atoms with Crippen molar-refractivity contribution in [2.45, 2.75) is 135 Å². The fourth-order valence-electron chi connectivity index (χ4n) is 6.32. The van der Waals surface area contributed by atoms with E-state index in [4.69, 9.17) is 13.9 Å². The van der Waals surface area contributed by atoms with Gasteiger partial charge < -0.3 is 24.2 Å². The number of cyclic esters (lactones) is 1. The van der Waals surface area contributed by atoms with Gasteiger partial charge in [0.1, 0.15) is 12.2 Å². The second-order valence-electron chi connectivity index (χ2n) is 14.7. The molecule has 0 aromatic heterocycles. The molecule has 0 bridgehead atoms. The Balaban J connectivity index is 1.80. The Kier molecular flexibility index (Phi) is 10.1. The van der Waals surface area contributed by atoms with Crippen LogP contribution in [0.1, 0.15) is 93.4 Å². The van der Waals surface area contributed by atoms with Gasteiger partial charge in [-0.25, -0.2) is 0 Å². The number of hydrogen-bond donors (Lipinski definition) is 2. The van der Waals surface area contributed by atoms with Crippen LogP contribution < -0.4 is 0 Å². The Morgan fingerprint density at radius 2 is 1.90 bits per heavy atom. The summed E-state index contributed by atoms with van der Waals surface area (Å²) in [6, 6.07) is 0. The van der Waals surface area contributed by atoms with Crippen LogP contribution in [0.25, 0.3) is 0 Å². The van der Waals surface area contributed by atoms with E-state index in [0.29, 0.717) is 38.5 Å². The maximum absolute atomic E-state index is 13.2. The van der Waals surface area contributed by atoms with Crippen molar-refractivity contribution < 1.29 is 33.8 Å². The molecule has 2 N–H and O–H groups in total. The number of fused-ring (bicyclic) bond motifs is 1. The van der Waals surface area contributed by atoms with E-state index >= 15 is 0 Å². The van der Waals surface area contributed by atoms with Gasteiger partial charge in [0, 0.05) is 24.5 Å². The smallest absolute Gasteiger partial charge is 0.311 e. The highest BCUT2D eigenvalue weighted by Crippen LogP contribution is 2.50. The Morgan fingerprint density at radius 1 is 1.23 bits per heavy atom. The van der Waals surface area contributed by atoms with Gasteiger partial charge in [-0.2, -0.15) is 0 Å². The fraction of sp³-hybridized carbons (Fsp3) is 0.839. The zero-order valence-corrected chi connectivity index (χ0v) is 27.1. The summed E-state index contributed by atoms with van der Waals surface area (Å²) < 4.78 is 18.6. The quantitative estimate of drug-likeness (QED) is 0.0828. The molecule has 0 aromatic carbocycles. The van der Waals surface area contributed by atoms with Crippen molar-refractivity contribution in [3.8, 4) is 0 Å². The van der Waals surface area contributed by atoms with Crippen LogP contribution in [0.5, 0.6) is 0 Å². The van der Waals surface area contributed by atoms with Crippen molar-refractivity contribution in [1.29, 1.82) is 0 Å². The first-order valence-electron chi connectivity index (χ1n) is 15.1. The Morgan fingerprint density at radius 3 is 2.50 bits per heavy atom. The molecule has 228 valence electrons. The number of hydrogen-bond acceptors (Lipinski definition) is 8. The molecule has 0 aromatic rings. The molecule has 1 saturated carbocycles. The molecule has 40 heavy (non-hydrogen) atoms. The summed E-state index contributed by atoms with van der Waals surface area (Å²) in [5.74, 6) is -0.870. The van der Waals surface area contributed by atoms with Crippen molar-refractivity contribution in [3.05, 3.63) is 12.2 Å². The van der Waals surface area contributed by atoms with E-state index in [1.807, 2.05) is 32.9 Å². The number of carbonyl (C=O) groups is 2. The SMILES string of the molecule is CCC(C)(C)C(=O)O[C@H]1C[C@@H](C=NO)C[C@]2(O)C=C[C@H](C)[C@H](CC[C@@H]3C[C@@H](O[Si](C)(C)C(C)(C)C)CC(=O)O3)[C@@H]12. The number of carbonyl (C=O) groups excluding carboxylic acids is 2. The number of esters is 2. The molecule has 1 aliphatic heterocycles. The van der Waals surface area contributed by atoms with E-state index in [-0.39, 0.29) is 59.3 Å². The van der Waals surface area contributed by atoms with Gasteiger partial charge in [-0.15, -0.1) is 5.16 Å². The standard InChI is InChI=1S/C31H53NO7Si/c1-10-30(6,7)28(34)38-25-15-21(19-32-36)18-31(35)14-13-20(2)24(27(25)31)12-11-22-16-23(17-26(33)37-22)39-40(8,9)29(3,4)5/h13-14,19-25,27,35-36H,10-12,15-18H2,1-9H3/t20-,21+,22+,23+,24-,25-,27-,31+/m0/s1. The van der Waals surface area contributed by atoms with E-state index in [1.54, 1.807) is 0 Å². The van der Waals surface area contributed by atoms with E-state index < -0.39 is 25.4 Å². The van der Waals surface area contributed by atoms with E-state index in [2.05, 4.69) is 45.9 Å². The second kappa shape index (κ2) is 12.3. The van der Waals surface area contributed by atoms with Gasteiger partial charge in [0.25, 0.3) is 0 Å². The molecule has 0 amide bonds. The largest absolute Gasteiger partial charge is 0.462 e. The summed E-state index contributed by atoms with van der Waals surface area (Å²) in [6.07, 6.45) is 8.26. The van der Waals surface area contributed by atoms with E-state index in [9.17, 15) is 19.9 Å². The number of oxime groups is 1. The summed E-state index contributed by atoms with van der Waals surface area (Å²) in [6.45, 7) is 18.8. The highest BCUT2D eigenvalue weighted by molar-refractivity contribution is 6.74. The summed E-state index contributed by atoms with van der Waals surface area (Å²) in [7, 11) is -2.03. The minimum absolute atomic E-state index is 0.0185. The Bertz CT molecular complexity index is 971. The van der Waals surface area contributed by atoms with Crippen LogP contribution in [0.2, 0.25) is 18.1 Å². The predicted octanol–water partition coefficient (Wildman–Crippen LogP) is 6.25. The van der Waals surface area contributed by atoms with Crippen molar-refractivity contribution in [2.24, 2.45) is 34.2 Å². The summed E-state index contributed by atoms with van der Waals surface area (Å²) in [5.41, 5.74) is -1.84. The minimum Gasteiger partial charge on any atom is -0.462 e. The molecule has 3 rings (SSSR count). The van der Waals surface area contributed by atoms with Crippen molar-refractivity contribution in [3.63, 3.8) is 0 Å². The lowest BCUT2D eigenvalue weighted by atomic mass is 9.58. The molecule has 0 spiro atoms. The van der Waals surface area contributed by atoms with Crippen molar-refractivity contribution in [1.82, 2.24) is 0 Å². The van der Waals surface area contributed by atoms with Gasteiger partial charge >= 0.3 is 11.9 Å². The molecule has 8 nitrogen and oxygen atoms in total. The average molecular weight is 580 g/mol. The van der Waals surface area contributed by atoms with Crippen molar-refractivity contribution in [2.75, 3.05) is 0 Å². The van der Waals surface area contributed by atoms with Gasteiger partial charge in [0.2, 0.25) is 0 Å². The average Bonchev–Trinajstić information content (AvgIpc) is 2.82. The first-order chi connectivity index (χ1) is 18.4. The Labute approximate surface area is 242 Å². The normalized spacial score (nSPS) is 35.4. The molecular formula is C31H53NO7Si. The fourth-order valence-corrected chi connectivity index (χ4v) is 7.68. The highest BCUT2D eigenvalue weighted by Gasteiger charge is 2.54. The first kappa shape index (κ1) is 32.8. The third kappa shape index (κ3) is 7.37. The second-order valence-corrected chi connectivity index (χ2v) is 19.4. The molecule has 9 heteroatoms. The molecule has 1 heterocycles. The van der Waals surface area contributed by atoms with Crippen LogP contribution in [0.4, 0.5) is 0 Å². The molecule has 2 fully saturated rings. The molecule has 8 atom stereocenters. The van der Waals surface area contributed by atoms with Gasteiger partial charge in [0.15, 0.2) is 8.32 Å². The van der Waals surface area contributed by atoms with Crippen LogP contribution >= 0.6 is 0 Å².